The Kier molecular flexibility index (Phi) is 8.84. The van der Waals surface area contributed by atoms with Gasteiger partial charge in [-0.1, -0.05) is 27.7 Å². The topological polar surface area (TPSA) is 99.2 Å². The van der Waals surface area contributed by atoms with Gasteiger partial charge in [-0.05, 0) is 81.9 Å². The second-order valence-corrected chi connectivity index (χ2v) is 13.1. The van der Waals surface area contributed by atoms with Crippen molar-refractivity contribution in [2.75, 3.05) is 31.1 Å². The molecule has 1 aliphatic carbocycles. The summed E-state index contributed by atoms with van der Waals surface area (Å²) >= 11 is 1.27. The monoisotopic (exact) mass is 533 g/mol. The SMILES string of the molecule is CC(C)(C)c1cc(N(C(=O)[C@H]2CC[C@H](C)CC2)C2CCN(C(=O)OC3CCNCC3)CC2)c(C(=O)O)s1. The van der Waals surface area contributed by atoms with Crippen molar-refractivity contribution < 1.29 is 24.2 Å². The summed E-state index contributed by atoms with van der Waals surface area (Å²) in [5.41, 5.74) is 0.311. The molecule has 1 saturated carbocycles. The van der Waals surface area contributed by atoms with Crippen molar-refractivity contribution in [3.8, 4) is 0 Å². The first-order chi connectivity index (χ1) is 17.5. The van der Waals surface area contributed by atoms with E-state index < -0.39 is 5.97 Å². The van der Waals surface area contributed by atoms with Crippen LogP contribution in [0.1, 0.15) is 93.6 Å². The number of hydrogen-bond donors (Lipinski definition) is 2. The van der Waals surface area contributed by atoms with Crippen molar-refractivity contribution in [1.29, 1.82) is 0 Å². The Hall–Kier alpha value is -2.13. The van der Waals surface area contributed by atoms with Crippen LogP contribution >= 0.6 is 11.3 Å². The molecule has 3 fully saturated rings. The van der Waals surface area contributed by atoms with Crippen LogP contribution in [0.5, 0.6) is 0 Å². The molecule has 8 nitrogen and oxygen atoms in total. The van der Waals surface area contributed by atoms with Gasteiger partial charge in [-0.15, -0.1) is 11.3 Å². The van der Waals surface area contributed by atoms with Gasteiger partial charge < -0.3 is 25.0 Å². The number of likely N-dealkylation sites (tertiary alicyclic amines) is 1. The van der Waals surface area contributed by atoms with E-state index in [1.807, 2.05) is 11.0 Å². The minimum atomic E-state index is -0.992. The molecule has 0 atom stereocenters. The highest BCUT2D eigenvalue weighted by atomic mass is 32.1. The second-order valence-electron chi connectivity index (χ2n) is 12.1. The van der Waals surface area contributed by atoms with Gasteiger partial charge in [0.05, 0.1) is 5.69 Å². The molecular formula is C28H43N3O5S. The molecule has 3 heterocycles. The predicted octanol–water partition coefficient (Wildman–Crippen LogP) is 5.26. The van der Waals surface area contributed by atoms with Crippen molar-refractivity contribution in [3.05, 3.63) is 15.8 Å². The van der Waals surface area contributed by atoms with Crippen LogP contribution in [0.4, 0.5) is 10.5 Å². The normalized spacial score (nSPS) is 24.1. The standard InChI is InChI=1S/C28H43N3O5S/c1-18-5-7-19(8-6-18)25(32)31(22-17-23(28(2,3)4)37-24(22)26(33)34)20-11-15-30(16-12-20)27(35)36-21-9-13-29-14-10-21/h17-21,29H,5-16H2,1-4H3,(H,33,34)/t18-,19-. The van der Waals surface area contributed by atoms with Gasteiger partial charge in [-0.2, -0.15) is 0 Å². The molecule has 2 amide bonds. The van der Waals surface area contributed by atoms with Crippen LogP contribution in [-0.4, -0.2) is 66.3 Å². The van der Waals surface area contributed by atoms with Crippen LogP contribution in [0.15, 0.2) is 6.07 Å². The summed E-state index contributed by atoms with van der Waals surface area (Å²) in [5, 5.41) is 13.4. The molecule has 206 valence electrons. The summed E-state index contributed by atoms with van der Waals surface area (Å²) in [5.74, 6) is -0.411. The van der Waals surface area contributed by atoms with Gasteiger partial charge in [0.1, 0.15) is 11.0 Å². The first-order valence-corrected chi connectivity index (χ1v) is 14.7. The van der Waals surface area contributed by atoms with Crippen molar-refractivity contribution >= 4 is 35.0 Å². The third-order valence-corrected chi connectivity index (χ3v) is 9.69. The highest BCUT2D eigenvalue weighted by Gasteiger charge is 2.39. The number of carboxylic acid groups (broad SMARTS) is 1. The molecule has 0 radical (unpaired) electrons. The van der Waals surface area contributed by atoms with E-state index in [0.29, 0.717) is 37.5 Å². The number of ether oxygens (including phenoxy) is 1. The average Bonchev–Trinajstić information content (AvgIpc) is 3.32. The zero-order valence-corrected chi connectivity index (χ0v) is 23.6. The fourth-order valence-electron chi connectivity index (χ4n) is 5.72. The fourth-order valence-corrected chi connectivity index (χ4v) is 6.77. The number of carbonyl (C=O) groups is 3. The Morgan fingerprint density at radius 1 is 1.03 bits per heavy atom. The fraction of sp³-hybridized carbons (Fsp3) is 0.750. The smallest absolute Gasteiger partial charge is 0.410 e. The quantitative estimate of drug-likeness (QED) is 0.536. The van der Waals surface area contributed by atoms with Gasteiger partial charge in [0, 0.05) is 29.9 Å². The van der Waals surface area contributed by atoms with Crippen LogP contribution in [0, 0.1) is 11.8 Å². The molecule has 0 aromatic carbocycles. The molecule has 2 saturated heterocycles. The van der Waals surface area contributed by atoms with Crippen LogP contribution in [-0.2, 0) is 14.9 Å². The maximum atomic E-state index is 14.0. The lowest BCUT2D eigenvalue weighted by Gasteiger charge is -2.40. The Labute approximate surface area is 224 Å². The summed E-state index contributed by atoms with van der Waals surface area (Å²) in [7, 11) is 0. The maximum absolute atomic E-state index is 14.0. The number of aromatic carboxylic acids is 1. The van der Waals surface area contributed by atoms with E-state index in [1.54, 1.807) is 4.90 Å². The Balaban J connectivity index is 1.55. The molecule has 1 aromatic rings. The van der Waals surface area contributed by atoms with E-state index in [2.05, 4.69) is 33.0 Å². The lowest BCUT2D eigenvalue weighted by Crippen LogP contribution is -2.51. The molecule has 2 N–H and O–H groups in total. The molecule has 0 spiro atoms. The molecule has 0 bridgehead atoms. The highest BCUT2D eigenvalue weighted by Crippen LogP contribution is 2.41. The van der Waals surface area contributed by atoms with E-state index >= 15 is 0 Å². The third kappa shape index (κ3) is 6.66. The zero-order chi connectivity index (χ0) is 26.7. The number of hydrogen-bond acceptors (Lipinski definition) is 6. The van der Waals surface area contributed by atoms with Crippen LogP contribution in [0.25, 0.3) is 0 Å². The van der Waals surface area contributed by atoms with Crippen molar-refractivity contribution in [1.82, 2.24) is 10.2 Å². The predicted molar refractivity (Wildman–Crippen MR) is 146 cm³/mol. The van der Waals surface area contributed by atoms with Crippen LogP contribution < -0.4 is 10.2 Å². The first-order valence-electron chi connectivity index (χ1n) is 13.9. The van der Waals surface area contributed by atoms with Gasteiger partial charge in [-0.3, -0.25) is 4.79 Å². The van der Waals surface area contributed by atoms with Gasteiger partial charge >= 0.3 is 12.1 Å². The Morgan fingerprint density at radius 2 is 1.65 bits per heavy atom. The first kappa shape index (κ1) is 27.9. The third-order valence-electron chi connectivity index (χ3n) is 8.15. The Bertz CT molecular complexity index is 965. The number of amides is 2. The molecular weight excluding hydrogens is 490 g/mol. The number of nitrogens with one attached hydrogen (secondary N) is 1. The highest BCUT2D eigenvalue weighted by molar-refractivity contribution is 7.14. The van der Waals surface area contributed by atoms with E-state index in [1.165, 1.54) is 11.3 Å². The molecule has 3 aliphatic rings. The molecule has 37 heavy (non-hydrogen) atoms. The number of rotatable bonds is 5. The average molecular weight is 534 g/mol. The zero-order valence-electron chi connectivity index (χ0n) is 22.8. The van der Waals surface area contributed by atoms with Gasteiger partial charge in [0.15, 0.2) is 0 Å². The Morgan fingerprint density at radius 3 is 2.22 bits per heavy atom. The number of nitrogens with zero attached hydrogens (tertiary/aromatic N) is 2. The number of carbonyl (C=O) groups excluding carboxylic acids is 2. The van der Waals surface area contributed by atoms with E-state index in [-0.39, 0.29) is 40.4 Å². The summed E-state index contributed by atoms with van der Waals surface area (Å²) in [4.78, 5) is 43.9. The molecule has 0 unspecified atom stereocenters. The number of piperidine rings is 2. The molecule has 9 heteroatoms. The van der Waals surface area contributed by atoms with Gasteiger partial charge in [0.2, 0.25) is 5.91 Å². The van der Waals surface area contributed by atoms with Gasteiger partial charge in [0.25, 0.3) is 0 Å². The van der Waals surface area contributed by atoms with Crippen LogP contribution in [0.3, 0.4) is 0 Å². The second kappa shape index (κ2) is 11.7. The largest absolute Gasteiger partial charge is 0.477 e. The van der Waals surface area contributed by atoms with E-state index in [0.717, 1.165) is 56.5 Å². The minimum Gasteiger partial charge on any atom is -0.477 e. The number of thiophene rings is 1. The number of anilines is 1. The lowest BCUT2D eigenvalue weighted by atomic mass is 9.82. The summed E-state index contributed by atoms with van der Waals surface area (Å²) < 4.78 is 5.75. The van der Waals surface area contributed by atoms with E-state index in [9.17, 15) is 19.5 Å². The summed E-state index contributed by atoms with van der Waals surface area (Å²) in [6.45, 7) is 11.1. The summed E-state index contributed by atoms with van der Waals surface area (Å²) in [6, 6.07) is 1.78. The molecule has 2 aliphatic heterocycles. The maximum Gasteiger partial charge on any atom is 0.410 e. The van der Waals surface area contributed by atoms with Gasteiger partial charge in [-0.25, -0.2) is 9.59 Å². The van der Waals surface area contributed by atoms with Crippen LogP contribution in [0.2, 0.25) is 0 Å². The van der Waals surface area contributed by atoms with Crippen molar-refractivity contribution in [3.63, 3.8) is 0 Å². The van der Waals surface area contributed by atoms with Crippen molar-refractivity contribution in [2.45, 2.75) is 96.6 Å². The van der Waals surface area contributed by atoms with Crippen molar-refractivity contribution in [2.24, 2.45) is 11.8 Å². The van der Waals surface area contributed by atoms with E-state index in [4.69, 9.17) is 4.74 Å². The summed E-state index contributed by atoms with van der Waals surface area (Å²) in [6.07, 6.45) is 6.29. The minimum absolute atomic E-state index is 0.0435. The number of carboxylic acids is 1. The molecule has 1 aromatic heterocycles. The lowest BCUT2D eigenvalue weighted by molar-refractivity contribution is -0.124. The molecule has 4 rings (SSSR count).